The number of carbonyl (C=O) groups is 1. The van der Waals surface area contributed by atoms with Crippen LogP contribution in [-0.4, -0.2) is 12.5 Å². The van der Waals surface area contributed by atoms with E-state index in [2.05, 4.69) is 5.32 Å². The summed E-state index contributed by atoms with van der Waals surface area (Å²) in [6.07, 6.45) is 0.958. The minimum atomic E-state index is -0.0677. The van der Waals surface area contributed by atoms with E-state index in [1.54, 1.807) is 0 Å². The van der Waals surface area contributed by atoms with E-state index in [1.165, 1.54) is 6.92 Å². The molecule has 0 aliphatic carbocycles. The molecule has 0 aromatic carbocycles. The summed E-state index contributed by atoms with van der Waals surface area (Å²) in [5.41, 5.74) is 0. The zero-order valence-corrected chi connectivity index (χ0v) is 6.86. The van der Waals surface area contributed by atoms with E-state index in [0.717, 1.165) is 6.42 Å². The summed E-state index contributed by atoms with van der Waals surface area (Å²) in [7, 11) is 0. The fraction of sp³-hybridized carbons (Fsp3) is 0.800. The van der Waals surface area contributed by atoms with Gasteiger partial charge in [0.1, 0.15) is 0 Å². The fourth-order valence-electron chi connectivity index (χ4n) is 0.269. The van der Waals surface area contributed by atoms with Crippen LogP contribution in [0, 0.1) is 0 Å². The molecule has 3 heteroatoms. The van der Waals surface area contributed by atoms with Crippen molar-refractivity contribution < 1.29 is 24.3 Å². The Bertz CT molecular complexity index is 65.4. The molecule has 2 nitrogen and oxygen atoms in total. The van der Waals surface area contributed by atoms with Gasteiger partial charge in [-0.05, 0) is 6.92 Å². The summed E-state index contributed by atoms with van der Waals surface area (Å²) in [5.74, 6) is -0.0677. The maximum atomic E-state index is 10.0. The van der Waals surface area contributed by atoms with Crippen LogP contribution in [0.15, 0.2) is 0 Å². The summed E-state index contributed by atoms with van der Waals surface area (Å²) in [5, 5.41) is 3.60. The van der Waals surface area contributed by atoms with Gasteiger partial charge in [-0.2, -0.15) is 0 Å². The van der Waals surface area contributed by atoms with Gasteiger partial charge in [-0.15, -0.1) is 6.54 Å². The van der Waals surface area contributed by atoms with Gasteiger partial charge in [-0.25, -0.2) is 0 Å². The summed E-state index contributed by atoms with van der Waals surface area (Å²) in [6, 6.07) is 0. The molecule has 0 unspecified atom stereocenters. The van der Waals surface area contributed by atoms with Crippen molar-refractivity contribution in [3.63, 3.8) is 0 Å². The van der Waals surface area contributed by atoms with Crippen LogP contribution in [-0.2, 0) is 24.3 Å². The second-order valence-electron chi connectivity index (χ2n) is 1.40. The predicted octanol–water partition coefficient (Wildman–Crippen LogP) is 1.31. The van der Waals surface area contributed by atoms with E-state index >= 15 is 0 Å². The molecule has 0 saturated carbocycles. The number of nitrogens with zero attached hydrogens (tertiary/aromatic N) is 1. The SMILES string of the molecule is CCC[N-]C(C)=O.[Ru+]. The average molecular weight is 201 g/mol. The average Bonchev–Trinajstić information content (AvgIpc) is 1.61. The summed E-state index contributed by atoms with van der Waals surface area (Å²) >= 11 is 0. The molecule has 0 heterocycles. The van der Waals surface area contributed by atoms with Gasteiger partial charge in [-0.3, -0.25) is 0 Å². The van der Waals surface area contributed by atoms with E-state index in [1.807, 2.05) is 6.92 Å². The third kappa shape index (κ3) is 9.43. The molecule has 0 aliphatic heterocycles. The standard InChI is InChI=1S/C5H11NO.Ru/c1-3-4-6-5(2)7;/h3-4H2,1-2H3,(H,6,7);/q;+1/p-1. The molecular weight excluding hydrogens is 191 g/mol. The Kier molecular flexibility index (Phi) is 9.72. The van der Waals surface area contributed by atoms with Crippen LogP contribution in [0.25, 0.3) is 5.32 Å². The Labute approximate surface area is 62.8 Å². The molecule has 0 aromatic heterocycles. The number of hydrogen-bond acceptors (Lipinski definition) is 1. The Morgan fingerprint density at radius 3 is 2.25 bits per heavy atom. The summed E-state index contributed by atoms with van der Waals surface area (Å²) in [6.45, 7) is 4.14. The van der Waals surface area contributed by atoms with Crippen molar-refractivity contribution in [2.24, 2.45) is 0 Å². The molecule has 0 rings (SSSR count). The van der Waals surface area contributed by atoms with Crippen molar-refractivity contribution in [3.8, 4) is 0 Å². The Morgan fingerprint density at radius 2 is 2.12 bits per heavy atom. The van der Waals surface area contributed by atoms with Gasteiger partial charge in [0.05, 0.1) is 0 Å². The third-order valence-corrected chi connectivity index (χ3v) is 0.558. The molecule has 0 aliphatic rings. The molecule has 0 bridgehead atoms. The van der Waals surface area contributed by atoms with Crippen LogP contribution in [0.2, 0.25) is 0 Å². The number of rotatable bonds is 2. The second kappa shape index (κ2) is 7.09. The molecule has 0 fully saturated rings. The van der Waals surface area contributed by atoms with Gasteiger partial charge >= 0.3 is 19.5 Å². The first-order valence-electron chi connectivity index (χ1n) is 2.45. The van der Waals surface area contributed by atoms with Gasteiger partial charge in [-0.1, -0.05) is 13.3 Å². The predicted molar refractivity (Wildman–Crippen MR) is 29.2 cm³/mol. The van der Waals surface area contributed by atoms with Gasteiger partial charge in [0.2, 0.25) is 0 Å². The quantitative estimate of drug-likeness (QED) is 0.620. The van der Waals surface area contributed by atoms with Crippen LogP contribution in [0.1, 0.15) is 20.3 Å². The molecule has 1 amide bonds. The van der Waals surface area contributed by atoms with Crippen LogP contribution >= 0.6 is 0 Å². The molecule has 0 N–H and O–H groups in total. The first-order valence-corrected chi connectivity index (χ1v) is 2.45. The van der Waals surface area contributed by atoms with Crippen LogP contribution in [0.5, 0.6) is 0 Å². The third-order valence-electron chi connectivity index (χ3n) is 0.558. The molecular formula is C5H10NORu. The van der Waals surface area contributed by atoms with Crippen molar-refractivity contribution in [1.29, 1.82) is 0 Å². The molecule has 0 spiro atoms. The Balaban J connectivity index is 0. The fourth-order valence-corrected chi connectivity index (χ4v) is 0.269. The Hall–Kier alpha value is 0.0934. The van der Waals surface area contributed by atoms with Crippen molar-refractivity contribution in [2.45, 2.75) is 20.3 Å². The maximum absolute atomic E-state index is 10.0. The topological polar surface area (TPSA) is 31.2 Å². The molecule has 0 aromatic rings. The van der Waals surface area contributed by atoms with E-state index in [-0.39, 0.29) is 25.4 Å². The van der Waals surface area contributed by atoms with Gasteiger partial charge in [0, 0.05) is 5.91 Å². The minimum Gasteiger partial charge on any atom is -0.654 e. The van der Waals surface area contributed by atoms with Gasteiger partial charge in [0.25, 0.3) is 0 Å². The molecule has 0 atom stereocenters. The van der Waals surface area contributed by atoms with E-state index in [4.69, 9.17) is 0 Å². The van der Waals surface area contributed by atoms with E-state index in [0.29, 0.717) is 6.54 Å². The molecule has 1 radical (unpaired) electrons. The summed E-state index contributed by atoms with van der Waals surface area (Å²) < 4.78 is 0. The van der Waals surface area contributed by atoms with Crippen molar-refractivity contribution >= 4 is 5.91 Å². The number of carbonyl (C=O) groups excluding carboxylic acids is 1. The monoisotopic (exact) mass is 202 g/mol. The summed E-state index contributed by atoms with van der Waals surface area (Å²) in [4.78, 5) is 10.0. The Morgan fingerprint density at radius 1 is 1.62 bits per heavy atom. The molecule has 49 valence electrons. The van der Waals surface area contributed by atoms with Crippen molar-refractivity contribution in [2.75, 3.05) is 6.54 Å². The van der Waals surface area contributed by atoms with Crippen molar-refractivity contribution in [3.05, 3.63) is 5.32 Å². The molecule has 8 heavy (non-hydrogen) atoms. The number of hydrogen-bond donors (Lipinski definition) is 0. The van der Waals surface area contributed by atoms with Gasteiger partial charge < -0.3 is 10.1 Å². The van der Waals surface area contributed by atoms with Crippen LogP contribution < -0.4 is 0 Å². The van der Waals surface area contributed by atoms with Crippen molar-refractivity contribution in [1.82, 2.24) is 0 Å². The first-order chi connectivity index (χ1) is 3.27. The first kappa shape index (κ1) is 11.0. The smallest absolute Gasteiger partial charge is 0.654 e. The van der Waals surface area contributed by atoms with Gasteiger partial charge in [0.15, 0.2) is 0 Å². The van der Waals surface area contributed by atoms with Crippen LogP contribution in [0.4, 0.5) is 0 Å². The zero-order valence-electron chi connectivity index (χ0n) is 5.12. The maximum Gasteiger partial charge on any atom is 1.00 e. The minimum absolute atomic E-state index is 0. The van der Waals surface area contributed by atoms with Crippen LogP contribution in [0.3, 0.4) is 0 Å². The number of amides is 1. The molecule has 0 saturated heterocycles. The normalized spacial score (nSPS) is 7.25. The van der Waals surface area contributed by atoms with E-state index in [9.17, 15) is 4.79 Å². The largest absolute Gasteiger partial charge is 1.00 e. The zero-order chi connectivity index (χ0) is 5.70. The van der Waals surface area contributed by atoms with E-state index < -0.39 is 0 Å². The second-order valence-corrected chi connectivity index (χ2v) is 1.40.